The number of nitrogens with zero attached hydrogens (tertiary/aromatic N) is 3. The molecular weight excluding hydrogens is 174 g/mol. The molecule has 0 atom stereocenters. The molecule has 0 amide bonds. The van der Waals surface area contributed by atoms with Crippen LogP contribution in [0.5, 0.6) is 0 Å². The van der Waals surface area contributed by atoms with Gasteiger partial charge in [-0.25, -0.2) is 0 Å². The summed E-state index contributed by atoms with van der Waals surface area (Å²) in [5.41, 5.74) is 2.09. The zero-order valence-electron chi connectivity index (χ0n) is 7.81. The van der Waals surface area contributed by atoms with Crippen molar-refractivity contribution >= 4 is 16.4 Å². The highest BCUT2D eigenvalue weighted by Crippen LogP contribution is 2.19. The van der Waals surface area contributed by atoms with E-state index < -0.39 is 0 Å². The summed E-state index contributed by atoms with van der Waals surface area (Å²) in [5, 5.41) is 10.4. The lowest BCUT2D eigenvalue weighted by molar-refractivity contribution is 1.07. The van der Waals surface area contributed by atoms with E-state index in [1.807, 2.05) is 16.5 Å². The second-order valence-corrected chi connectivity index (χ2v) is 3.40. The van der Waals surface area contributed by atoms with Crippen LogP contribution in [0.3, 0.4) is 0 Å². The lowest BCUT2D eigenvalue weighted by Gasteiger charge is -2.02. The standard InChI is InChI=1S/C11H9N3/c1-8-6-9-4-2-3-5-10(9)11-13-12-7-14(8)11/h2-7H,1H3. The van der Waals surface area contributed by atoms with E-state index in [9.17, 15) is 0 Å². The van der Waals surface area contributed by atoms with Gasteiger partial charge in [-0.05, 0) is 18.4 Å². The van der Waals surface area contributed by atoms with Gasteiger partial charge in [0.05, 0.1) is 0 Å². The molecule has 0 saturated carbocycles. The minimum Gasteiger partial charge on any atom is -0.286 e. The Hall–Kier alpha value is -1.90. The van der Waals surface area contributed by atoms with E-state index in [0.29, 0.717) is 0 Å². The maximum atomic E-state index is 4.12. The quantitative estimate of drug-likeness (QED) is 0.534. The highest BCUT2D eigenvalue weighted by molar-refractivity contribution is 5.94. The van der Waals surface area contributed by atoms with E-state index >= 15 is 0 Å². The number of rotatable bonds is 0. The Morgan fingerprint density at radius 3 is 3.00 bits per heavy atom. The fourth-order valence-corrected chi connectivity index (χ4v) is 1.80. The molecule has 0 aliphatic rings. The molecule has 3 nitrogen and oxygen atoms in total. The molecule has 2 heterocycles. The van der Waals surface area contributed by atoms with Crippen molar-refractivity contribution < 1.29 is 0 Å². The van der Waals surface area contributed by atoms with Crippen LogP contribution in [0, 0.1) is 6.92 Å². The first-order valence-electron chi connectivity index (χ1n) is 4.54. The van der Waals surface area contributed by atoms with Gasteiger partial charge in [0.25, 0.3) is 0 Å². The van der Waals surface area contributed by atoms with E-state index in [-0.39, 0.29) is 0 Å². The second-order valence-electron chi connectivity index (χ2n) is 3.40. The van der Waals surface area contributed by atoms with Crippen LogP contribution < -0.4 is 0 Å². The molecule has 0 bridgehead atoms. The van der Waals surface area contributed by atoms with Crippen molar-refractivity contribution in [3.8, 4) is 0 Å². The maximum absolute atomic E-state index is 4.12. The Labute approximate surface area is 81.0 Å². The first-order chi connectivity index (χ1) is 6.86. The zero-order valence-corrected chi connectivity index (χ0v) is 7.81. The maximum Gasteiger partial charge on any atom is 0.168 e. The average Bonchev–Trinajstić information content (AvgIpc) is 2.67. The number of hydrogen-bond donors (Lipinski definition) is 0. The first kappa shape index (κ1) is 7.50. The van der Waals surface area contributed by atoms with Gasteiger partial charge in [0.15, 0.2) is 5.65 Å². The Balaban J connectivity index is 2.66. The Kier molecular flexibility index (Phi) is 1.36. The molecule has 14 heavy (non-hydrogen) atoms. The fraction of sp³-hybridized carbons (Fsp3) is 0.0909. The van der Waals surface area contributed by atoms with E-state index in [4.69, 9.17) is 0 Å². The van der Waals surface area contributed by atoms with Crippen molar-refractivity contribution in [2.75, 3.05) is 0 Å². The summed E-state index contributed by atoms with van der Waals surface area (Å²) < 4.78 is 2.00. The summed E-state index contributed by atoms with van der Waals surface area (Å²) in [6.45, 7) is 2.06. The molecule has 0 radical (unpaired) electrons. The Morgan fingerprint density at radius 1 is 1.21 bits per heavy atom. The monoisotopic (exact) mass is 183 g/mol. The van der Waals surface area contributed by atoms with Gasteiger partial charge in [-0.3, -0.25) is 4.40 Å². The van der Waals surface area contributed by atoms with Crippen LogP contribution in [0.1, 0.15) is 5.69 Å². The largest absolute Gasteiger partial charge is 0.286 e. The van der Waals surface area contributed by atoms with Crippen LogP contribution in [0.15, 0.2) is 36.7 Å². The molecule has 0 spiro atoms. The minimum absolute atomic E-state index is 0.931. The van der Waals surface area contributed by atoms with E-state index in [1.54, 1.807) is 6.33 Å². The number of pyridine rings is 1. The van der Waals surface area contributed by atoms with Crippen LogP contribution in [0.25, 0.3) is 16.4 Å². The van der Waals surface area contributed by atoms with Gasteiger partial charge in [-0.2, -0.15) is 0 Å². The highest BCUT2D eigenvalue weighted by Gasteiger charge is 2.03. The molecule has 0 aliphatic heterocycles. The zero-order chi connectivity index (χ0) is 9.54. The van der Waals surface area contributed by atoms with Crippen LogP contribution in [0.2, 0.25) is 0 Å². The third kappa shape index (κ3) is 0.865. The van der Waals surface area contributed by atoms with Crippen molar-refractivity contribution in [3.63, 3.8) is 0 Å². The van der Waals surface area contributed by atoms with Crippen molar-refractivity contribution in [2.45, 2.75) is 6.92 Å². The molecule has 0 saturated heterocycles. The van der Waals surface area contributed by atoms with E-state index in [0.717, 1.165) is 16.7 Å². The van der Waals surface area contributed by atoms with Crippen molar-refractivity contribution in [2.24, 2.45) is 0 Å². The number of fused-ring (bicyclic) bond motifs is 3. The number of aryl methyl sites for hydroxylation is 1. The van der Waals surface area contributed by atoms with Crippen molar-refractivity contribution in [3.05, 3.63) is 42.4 Å². The normalized spacial score (nSPS) is 11.2. The molecular formula is C11H9N3. The molecule has 1 aromatic carbocycles. The first-order valence-corrected chi connectivity index (χ1v) is 4.54. The predicted octanol–water partition coefficient (Wildman–Crippen LogP) is 2.19. The number of aromatic nitrogens is 3. The predicted molar refractivity (Wildman–Crippen MR) is 55.2 cm³/mol. The van der Waals surface area contributed by atoms with Crippen LogP contribution in [-0.4, -0.2) is 14.6 Å². The van der Waals surface area contributed by atoms with Crippen LogP contribution >= 0.6 is 0 Å². The van der Waals surface area contributed by atoms with Gasteiger partial charge in [0.2, 0.25) is 0 Å². The Bertz CT molecular complexity index is 610. The van der Waals surface area contributed by atoms with Gasteiger partial charge < -0.3 is 0 Å². The second kappa shape index (κ2) is 2.54. The van der Waals surface area contributed by atoms with Gasteiger partial charge >= 0.3 is 0 Å². The summed E-state index contributed by atoms with van der Waals surface area (Å²) in [6, 6.07) is 10.4. The highest BCUT2D eigenvalue weighted by atomic mass is 15.2. The summed E-state index contributed by atoms with van der Waals surface area (Å²) in [4.78, 5) is 0. The lowest BCUT2D eigenvalue weighted by Crippen LogP contribution is -1.90. The van der Waals surface area contributed by atoms with Crippen LogP contribution in [-0.2, 0) is 0 Å². The Morgan fingerprint density at radius 2 is 2.07 bits per heavy atom. The molecule has 2 aromatic heterocycles. The van der Waals surface area contributed by atoms with Crippen molar-refractivity contribution in [1.82, 2.24) is 14.6 Å². The van der Waals surface area contributed by atoms with Crippen molar-refractivity contribution in [1.29, 1.82) is 0 Å². The third-order valence-corrected chi connectivity index (χ3v) is 2.49. The molecule has 0 N–H and O–H groups in total. The summed E-state index contributed by atoms with van der Waals surface area (Å²) in [5.74, 6) is 0. The third-order valence-electron chi connectivity index (χ3n) is 2.49. The molecule has 0 aliphatic carbocycles. The molecule has 3 heteroatoms. The summed E-state index contributed by atoms with van der Waals surface area (Å²) in [6.07, 6.45) is 1.75. The number of hydrogen-bond acceptors (Lipinski definition) is 2. The SMILES string of the molecule is Cc1cc2ccccc2c2nncn12. The molecule has 0 fully saturated rings. The number of benzene rings is 1. The lowest BCUT2D eigenvalue weighted by atomic mass is 10.1. The average molecular weight is 183 g/mol. The fourth-order valence-electron chi connectivity index (χ4n) is 1.80. The summed E-state index contributed by atoms with van der Waals surface area (Å²) >= 11 is 0. The smallest absolute Gasteiger partial charge is 0.168 e. The molecule has 3 aromatic rings. The van der Waals surface area contributed by atoms with Gasteiger partial charge in [0, 0.05) is 11.1 Å². The molecule has 3 rings (SSSR count). The molecule has 68 valence electrons. The van der Waals surface area contributed by atoms with Crippen LogP contribution in [0.4, 0.5) is 0 Å². The topological polar surface area (TPSA) is 30.2 Å². The van der Waals surface area contributed by atoms with Gasteiger partial charge in [0.1, 0.15) is 6.33 Å². The van der Waals surface area contributed by atoms with E-state index in [2.05, 4.69) is 35.3 Å². The van der Waals surface area contributed by atoms with Gasteiger partial charge in [-0.1, -0.05) is 24.3 Å². The minimum atomic E-state index is 0.931. The van der Waals surface area contributed by atoms with Gasteiger partial charge in [-0.15, -0.1) is 10.2 Å². The molecule has 0 unspecified atom stereocenters. The van der Waals surface area contributed by atoms with E-state index in [1.165, 1.54) is 5.39 Å². The summed E-state index contributed by atoms with van der Waals surface area (Å²) in [7, 11) is 0.